The fourth-order valence-corrected chi connectivity index (χ4v) is 1.55. The van der Waals surface area contributed by atoms with Crippen molar-refractivity contribution in [1.82, 2.24) is 10.6 Å². The van der Waals surface area contributed by atoms with Crippen molar-refractivity contribution in [3.05, 3.63) is 0 Å². The molecule has 0 aromatic carbocycles. The van der Waals surface area contributed by atoms with E-state index in [9.17, 15) is 4.79 Å². The maximum absolute atomic E-state index is 11.2. The number of carbonyl (C=O) groups excluding carboxylic acids is 1. The van der Waals surface area contributed by atoms with E-state index in [1.165, 1.54) is 25.7 Å². The molecule has 0 fully saturated rings. The van der Waals surface area contributed by atoms with Crippen LogP contribution in [0.1, 0.15) is 38.5 Å². The normalized spacial score (nSPS) is 21.1. The van der Waals surface area contributed by atoms with Crippen molar-refractivity contribution in [3.8, 4) is 0 Å². The number of urea groups is 1. The predicted octanol–water partition coefficient (Wildman–Crippen LogP) is 0.954. The fraction of sp³-hybridized carbons (Fsp3) is 0.800. The Bertz CT molecular complexity index is 227. The van der Waals surface area contributed by atoms with Crippen molar-refractivity contribution in [3.63, 3.8) is 0 Å². The minimum absolute atomic E-state index is 0.215. The van der Waals surface area contributed by atoms with Gasteiger partial charge in [0.25, 0.3) is 0 Å². The van der Waals surface area contributed by atoms with Crippen LogP contribution in [-0.4, -0.2) is 25.1 Å². The fourth-order valence-electron chi connectivity index (χ4n) is 1.55. The van der Waals surface area contributed by atoms with Crippen LogP contribution in [-0.2, 0) is 0 Å². The van der Waals surface area contributed by atoms with Crippen LogP contribution >= 0.6 is 0 Å². The Hall–Kier alpha value is -1.26. The van der Waals surface area contributed by atoms with Gasteiger partial charge in [-0.1, -0.05) is 25.7 Å². The molecule has 0 saturated carbocycles. The molecule has 0 saturated heterocycles. The zero-order chi connectivity index (χ0) is 10.9. The molecule has 0 radical (unpaired) electrons. The van der Waals surface area contributed by atoms with Gasteiger partial charge in [0.15, 0.2) is 5.96 Å². The second kappa shape index (κ2) is 7.09. The summed E-state index contributed by atoms with van der Waals surface area (Å²) < 4.78 is 0. The maximum Gasteiger partial charge on any atom is 0.321 e. The molecule has 0 bridgehead atoms. The highest BCUT2D eigenvalue weighted by Crippen LogP contribution is 2.05. The summed E-state index contributed by atoms with van der Waals surface area (Å²) in [5.41, 5.74) is 5.52. The first-order chi connectivity index (χ1) is 7.29. The lowest BCUT2D eigenvalue weighted by molar-refractivity contribution is 0.245. The van der Waals surface area contributed by atoms with E-state index in [0.717, 1.165) is 12.8 Å². The van der Waals surface area contributed by atoms with E-state index >= 15 is 0 Å². The molecule has 5 nitrogen and oxygen atoms in total. The van der Waals surface area contributed by atoms with Gasteiger partial charge in [0, 0.05) is 13.1 Å². The number of nitrogens with two attached hydrogens (primary N) is 1. The van der Waals surface area contributed by atoms with Crippen molar-refractivity contribution in [1.29, 1.82) is 0 Å². The Kier molecular flexibility index (Phi) is 5.58. The van der Waals surface area contributed by atoms with Crippen LogP contribution in [0.3, 0.4) is 0 Å². The standard InChI is InChI=1S/C10H20N4O/c11-9-12-7-5-3-1-2-4-6-8-13-10(15)14-9/h1-8H2,(H4,11,12,13,14,15). The summed E-state index contributed by atoms with van der Waals surface area (Å²) >= 11 is 0. The summed E-state index contributed by atoms with van der Waals surface area (Å²) in [5, 5.41) is 5.24. The summed E-state index contributed by atoms with van der Waals surface area (Å²) in [6.07, 6.45) is 6.93. The third-order valence-corrected chi connectivity index (χ3v) is 2.39. The average molecular weight is 212 g/mol. The molecule has 5 heteroatoms. The first-order valence-electron chi connectivity index (χ1n) is 5.64. The van der Waals surface area contributed by atoms with Gasteiger partial charge in [-0.2, -0.15) is 0 Å². The summed E-state index contributed by atoms with van der Waals surface area (Å²) in [7, 11) is 0. The molecule has 0 aromatic heterocycles. The highest BCUT2D eigenvalue weighted by Gasteiger charge is 2.01. The van der Waals surface area contributed by atoms with Crippen LogP contribution in [0.4, 0.5) is 4.79 Å². The van der Waals surface area contributed by atoms with Gasteiger partial charge >= 0.3 is 6.03 Å². The van der Waals surface area contributed by atoms with E-state index in [-0.39, 0.29) is 12.0 Å². The van der Waals surface area contributed by atoms with Crippen molar-refractivity contribution < 1.29 is 4.79 Å². The van der Waals surface area contributed by atoms with E-state index in [1.54, 1.807) is 0 Å². The Morgan fingerprint density at radius 3 is 2.53 bits per heavy atom. The van der Waals surface area contributed by atoms with Gasteiger partial charge < -0.3 is 11.1 Å². The number of rotatable bonds is 0. The topological polar surface area (TPSA) is 79.5 Å². The number of aliphatic imine (C=N–C) groups is 1. The molecule has 1 aliphatic rings. The number of carbonyl (C=O) groups is 1. The number of amides is 2. The number of nitrogens with one attached hydrogen (secondary N) is 2. The summed E-state index contributed by atoms with van der Waals surface area (Å²) in [5.74, 6) is 0.215. The van der Waals surface area contributed by atoms with E-state index < -0.39 is 0 Å². The first-order valence-corrected chi connectivity index (χ1v) is 5.64. The van der Waals surface area contributed by atoms with Crippen molar-refractivity contribution in [2.24, 2.45) is 10.7 Å². The summed E-state index contributed by atoms with van der Waals surface area (Å²) in [6, 6.07) is -0.254. The second-order valence-electron chi connectivity index (χ2n) is 3.77. The lowest BCUT2D eigenvalue weighted by Crippen LogP contribution is -2.43. The average Bonchev–Trinajstić information content (AvgIpc) is 2.21. The van der Waals surface area contributed by atoms with Crippen molar-refractivity contribution in [2.45, 2.75) is 38.5 Å². The first kappa shape index (κ1) is 11.8. The van der Waals surface area contributed by atoms with Crippen LogP contribution in [0.5, 0.6) is 0 Å². The van der Waals surface area contributed by atoms with Crippen LogP contribution < -0.4 is 16.4 Å². The van der Waals surface area contributed by atoms with Crippen molar-refractivity contribution >= 4 is 12.0 Å². The van der Waals surface area contributed by atoms with Gasteiger partial charge in [0.05, 0.1) is 0 Å². The molecular weight excluding hydrogens is 192 g/mol. The number of hydrogen-bond donors (Lipinski definition) is 3. The minimum Gasteiger partial charge on any atom is -0.370 e. The zero-order valence-corrected chi connectivity index (χ0v) is 9.09. The molecule has 1 aliphatic heterocycles. The largest absolute Gasteiger partial charge is 0.370 e. The SMILES string of the molecule is NC1=NCCCCCCCCNC(=O)N1. The lowest BCUT2D eigenvalue weighted by Gasteiger charge is -2.05. The van der Waals surface area contributed by atoms with E-state index in [2.05, 4.69) is 15.6 Å². The third kappa shape index (κ3) is 5.93. The second-order valence-corrected chi connectivity index (χ2v) is 3.77. The Labute approximate surface area is 90.5 Å². The number of nitrogens with zero attached hydrogens (tertiary/aromatic N) is 1. The van der Waals surface area contributed by atoms with Crippen LogP contribution in [0.2, 0.25) is 0 Å². The van der Waals surface area contributed by atoms with E-state index in [1.807, 2.05) is 0 Å². The van der Waals surface area contributed by atoms with Gasteiger partial charge in [-0.05, 0) is 12.8 Å². The van der Waals surface area contributed by atoms with Crippen molar-refractivity contribution in [2.75, 3.05) is 13.1 Å². The molecule has 2 amide bonds. The van der Waals surface area contributed by atoms with Crippen LogP contribution in [0, 0.1) is 0 Å². The third-order valence-electron chi connectivity index (χ3n) is 2.39. The Balaban J connectivity index is 2.36. The molecule has 0 spiro atoms. The molecule has 4 N–H and O–H groups in total. The quantitative estimate of drug-likeness (QED) is 0.559. The summed E-state index contributed by atoms with van der Waals surface area (Å²) in [6.45, 7) is 1.41. The number of hydrogen-bond acceptors (Lipinski definition) is 3. The molecule has 0 unspecified atom stereocenters. The lowest BCUT2D eigenvalue weighted by atomic mass is 10.1. The van der Waals surface area contributed by atoms with Gasteiger partial charge in [0.1, 0.15) is 0 Å². The van der Waals surface area contributed by atoms with Gasteiger partial charge in [-0.15, -0.1) is 0 Å². The maximum atomic E-state index is 11.2. The van der Waals surface area contributed by atoms with Crippen LogP contribution in [0.15, 0.2) is 4.99 Å². The predicted molar refractivity (Wildman–Crippen MR) is 60.7 cm³/mol. The molecule has 0 aromatic rings. The number of guanidine groups is 1. The molecule has 0 atom stereocenters. The van der Waals surface area contributed by atoms with Gasteiger partial charge in [-0.3, -0.25) is 10.3 Å². The molecular formula is C10H20N4O. The summed E-state index contributed by atoms with van der Waals surface area (Å²) in [4.78, 5) is 15.3. The molecule has 1 heterocycles. The van der Waals surface area contributed by atoms with Gasteiger partial charge in [0.2, 0.25) is 0 Å². The van der Waals surface area contributed by atoms with Gasteiger partial charge in [-0.25, -0.2) is 4.79 Å². The monoisotopic (exact) mass is 212 g/mol. The highest BCUT2D eigenvalue weighted by molar-refractivity contribution is 5.95. The Morgan fingerprint density at radius 1 is 1.07 bits per heavy atom. The molecule has 0 aliphatic carbocycles. The molecule has 15 heavy (non-hydrogen) atoms. The molecule has 86 valence electrons. The smallest absolute Gasteiger partial charge is 0.321 e. The van der Waals surface area contributed by atoms with E-state index in [0.29, 0.717) is 13.1 Å². The minimum atomic E-state index is -0.254. The van der Waals surface area contributed by atoms with E-state index in [4.69, 9.17) is 5.73 Å². The highest BCUT2D eigenvalue weighted by atomic mass is 16.2. The zero-order valence-electron chi connectivity index (χ0n) is 9.09. The Morgan fingerprint density at radius 2 is 1.73 bits per heavy atom. The molecule has 1 rings (SSSR count). The van der Waals surface area contributed by atoms with Crippen LogP contribution in [0.25, 0.3) is 0 Å².